The highest BCUT2D eigenvalue weighted by Crippen LogP contribution is 2.48. The highest BCUT2D eigenvalue weighted by atomic mass is 19.3. The number of carbonyl (C=O) groups excluding carboxylic acids is 1. The van der Waals surface area contributed by atoms with E-state index in [0.717, 1.165) is 0 Å². The third-order valence-electron chi connectivity index (χ3n) is 4.06. The van der Waals surface area contributed by atoms with Crippen LogP contribution in [0.2, 0.25) is 0 Å². The molecule has 1 aliphatic rings. The van der Waals surface area contributed by atoms with Gasteiger partial charge in [-0.1, -0.05) is 25.7 Å². The van der Waals surface area contributed by atoms with Gasteiger partial charge in [0.2, 0.25) is 0 Å². The number of hydrogen-bond acceptors (Lipinski definition) is 3. The van der Waals surface area contributed by atoms with Crippen molar-refractivity contribution in [2.75, 3.05) is 6.61 Å². The number of rotatable bonds is 2. The minimum absolute atomic E-state index is 0.106. The molecule has 1 rings (SSSR count). The van der Waals surface area contributed by atoms with Crippen LogP contribution in [0.15, 0.2) is 22.8 Å². The Morgan fingerprint density at radius 2 is 2.00 bits per heavy atom. The molecule has 1 unspecified atom stereocenters. The lowest BCUT2D eigenvalue weighted by Gasteiger charge is -2.44. The van der Waals surface area contributed by atoms with Gasteiger partial charge in [-0.15, -0.1) is 0 Å². The number of aliphatic hydroxyl groups excluding tert-OH is 1. The van der Waals surface area contributed by atoms with E-state index in [9.17, 15) is 18.7 Å². The van der Waals surface area contributed by atoms with Gasteiger partial charge >= 0.3 is 0 Å². The molecule has 0 aromatic rings. The average Bonchev–Trinajstić information content (AvgIpc) is 2.32. The number of carbonyl (C=O) groups is 1. The van der Waals surface area contributed by atoms with Crippen LogP contribution < -0.4 is 0 Å². The van der Waals surface area contributed by atoms with Crippen molar-refractivity contribution < 1.29 is 23.8 Å². The van der Waals surface area contributed by atoms with Crippen LogP contribution in [0.5, 0.6) is 0 Å². The van der Waals surface area contributed by atoms with E-state index in [0.29, 0.717) is 12.5 Å². The lowest BCUT2D eigenvalue weighted by molar-refractivity contribution is -0.126. The predicted molar refractivity (Wildman–Crippen MR) is 80.3 cm³/mol. The lowest BCUT2D eigenvalue weighted by Crippen LogP contribution is -2.51. The predicted octanol–water partition coefficient (Wildman–Crippen LogP) is 2.63. The van der Waals surface area contributed by atoms with Crippen LogP contribution >= 0.6 is 0 Å². The van der Waals surface area contributed by atoms with Crippen molar-refractivity contribution in [3.63, 3.8) is 0 Å². The van der Waals surface area contributed by atoms with Gasteiger partial charge in [0, 0.05) is 18.8 Å². The average molecular weight is 312 g/mol. The van der Waals surface area contributed by atoms with Gasteiger partial charge in [-0.25, -0.2) is 8.78 Å². The first-order chi connectivity index (χ1) is 9.87. The summed E-state index contributed by atoms with van der Waals surface area (Å²) in [5, 5.41) is 19.7. The van der Waals surface area contributed by atoms with E-state index in [2.05, 4.69) is 11.8 Å². The second-order valence-corrected chi connectivity index (χ2v) is 6.40. The highest BCUT2D eigenvalue weighted by Gasteiger charge is 2.54. The summed E-state index contributed by atoms with van der Waals surface area (Å²) in [6.45, 7) is 6.66. The molecule has 0 amide bonds. The second kappa shape index (κ2) is 5.94. The van der Waals surface area contributed by atoms with E-state index in [1.54, 1.807) is 20.8 Å². The maximum atomic E-state index is 13.7. The number of allylic oxidation sites excluding steroid dienone is 2. The Labute approximate surface area is 129 Å². The second-order valence-electron chi connectivity index (χ2n) is 6.40. The topological polar surface area (TPSA) is 57.5 Å². The molecule has 22 heavy (non-hydrogen) atoms. The quantitative estimate of drug-likeness (QED) is 0.771. The van der Waals surface area contributed by atoms with Gasteiger partial charge in [-0.05, 0) is 31.1 Å². The molecule has 0 radical (unpaired) electrons. The zero-order valence-electron chi connectivity index (χ0n) is 13.6. The molecule has 0 bridgehead atoms. The smallest absolute Gasteiger partial charge is 0.274 e. The Morgan fingerprint density at radius 1 is 1.45 bits per heavy atom. The summed E-state index contributed by atoms with van der Waals surface area (Å²) in [7, 11) is 0. The number of hydrogen-bond donors (Lipinski definition) is 2. The summed E-state index contributed by atoms with van der Waals surface area (Å²) >= 11 is 0. The van der Waals surface area contributed by atoms with E-state index >= 15 is 0 Å². The molecule has 1 atom stereocenters. The van der Waals surface area contributed by atoms with Crippen molar-refractivity contribution in [3.8, 4) is 11.8 Å². The maximum Gasteiger partial charge on any atom is 0.274 e. The van der Waals surface area contributed by atoms with Gasteiger partial charge in [0.15, 0.2) is 11.4 Å². The fourth-order valence-corrected chi connectivity index (χ4v) is 2.73. The fraction of sp³-hybridized carbons (Fsp3) is 0.588. The highest BCUT2D eigenvalue weighted by molar-refractivity contribution is 6.00. The molecule has 0 spiro atoms. The van der Waals surface area contributed by atoms with E-state index in [4.69, 9.17) is 5.11 Å². The molecule has 0 heterocycles. The molecule has 0 fully saturated rings. The summed E-state index contributed by atoms with van der Waals surface area (Å²) in [5.41, 5.74) is -3.07. The Balaban J connectivity index is 3.56. The van der Waals surface area contributed by atoms with E-state index in [-0.39, 0.29) is 18.6 Å². The van der Waals surface area contributed by atoms with Crippen LogP contribution in [0.1, 0.15) is 41.0 Å². The van der Waals surface area contributed by atoms with Crippen LogP contribution in [0.25, 0.3) is 0 Å². The summed E-state index contributed by atoms with van der Waals surface area (Å²) in [5.74, 6) is 1.31. The molecule has 5 heteroatoms. The zero-order chi connectivity index (χ0) is 17.3. The Bertz CT molecular complexity index is 598. The van der Waals surface area contributed by atoms with E-state index < -0.39 is 28.3 Å². The maximum absolute atomic E-state index is 13.7. The van der Waals surface area contributed by atoms with Crippen molar-refractivity contribution in [3.05, 3.63) is 22.8 Å². The minimum Gasteiger partial charge on any atom is -0.392 e. The molecule has 3 nitrogen and oxygen atoms in total. The monoisotopic (exact) mass is 312 g/mol. The lowest BCUT2D eigenvalue weighted by atomic mass is 9.62. The first-order valence-electron chi connectivity index (χ1n) is 7.03. The van der Waals surface area contributed by atoms with Crippen LogP contribution in [0.4, 0.5) is 8.78 Å². The van der Waals surface area contributed by atoms with Crippen molar-refractivity contribution in [2.45, 2.75) is 52.6 Å². The molecule has 0 saturated heterocycles. The van der Waals surface area contributed by atoms with E-state index in [1.807, 2.05) is 0 Å². The SMILES string of the molecule is CC1=C(C(C)(F)F)C(=O)CC(C)(C)C1(O)C#C/C(C)=C\CO. The van der Waals surface area contributed by atoms with Crippen molar-refractivity contribution in [2.24, 2.45) is 5.41 Å². The van der Waals surface area contributed by atoms with Crippen LogP contribution in [0, 0.1) is 17.3 Å². The normalized spacial score (nSPS) is 25.9. The molecule has 1 aliphatic carbocycles. The standard InChI is InChI=1S/C17H22F2O3/c1-11(7-9-20)6-8-17(22)12(2)14(16(5,18)19)13(21)10-15(17,3)4/h7,20,22H,9-10H2,1-5H3/b11-7-. The number of halogens is 2. The molecule has 0 aliphatic heterocycles. The molecular formula is C17H22F2O3. The van der Waals surface area contributed by atoms with Crippen molar-refractivity contribution >= 4 is 5.78 Å². The van der Waals surface area contributed by atoms with Gasteiger partial charge in [-0.3, -0.25) is 4.79 Å². The van der Waals surface area contributed by atoms with Gasteiger partial charge in [-0.2, -0.15) is 0 Å². The summed E-state index contributed by atoms with van der Waals surface area (Å²) in [4.78, 5) is 12.1. The van der Waals surface area contributed by atoms with Crippen LogP contribution in [-0.4, -0.2) is 34.1 Å². The Morgan fingerprint density at radius 3 is 2.45 bits per heavy atom. The number of alkyl halides is 2. The Kier molecular flexibility index (Phi) is 5.01. The van der Waals surface area contributed by atoms with Gasteiger partial charge in [0.1, 0.15) is 0 Å². The summed E-state index contributed by atoms with van der Waals surface area (Å²) in [6, 6.07) is 0. The van der Waals surface area contributed by atoms with Crippen molar-refractivity contribution in [1.82, 2.24) is 0 Å². The summed E-state index contributed by atoms with van der Waals surface area (Å²) < 4.78 is 27.5. The summed E-state index contributed by atoms with van der Waals surface area (Å²) in [6.07, 6.45) is 1.24. The number of ketones is 1. The zero-order valence-corrected chi connectivity index (χ0v) is 13.6. The van der Waals surface area contributed by atoms with Gasteiger partial charge in [0.25, 0.3) is 5.92 Å². The van der Waals surface area contributed by atoms with Crippen LogP contribution in [-0.2, 0) is 4.79 Å². The molecule has 0 aromatic carbocycles. The van der Waals surface area contributed by atoms with Crippen LogP contribution in [0.3, 0.4) is 0 Å². The molecule has 0 aromatic heterocycles. The largest absolute Gasteiger partial charge is 0.392 e. The number of aliphatic hydroxyl groups is 2. The molecule has 2 N–H and O–H groups in total. The fourth-order valence-electron chi connectivity index (χ4n) is 2.73. The van der Waals surface area contributed by atoms with E-state index in [1.165, 1.54) is 13.0 Å². The molecule has 122 valence electrons. The first-order valence-corrected chi connectivity index (χ1v) is 7.03. The van der Waals surface area contributed by atoms with Crippen molar-refractivity contribution in [1.29, 1.82) is 0 Å². The number of Topliss-reactive ketones (excluding diaryl/α,β-unsaturated/α-hetero) is 1. The third kappa shape index (κ3) is 3.29. The minimum atomic E-state index is -3.33. The van der Waals surface area contributed by atoms with Gasteiger partial charge in [0.05, 0.1) is 12.2 Å². The molecule has 0 saturated carbocycles. The Hall–Kier alpha value is -1.51. The molecular weight excluding hydrogens is 290 g/mol. The third-order valence-corrected chi connectivity index (χ3v) is 4.06. The van der Waals surface area contributed by atoms with Gasteiger partial charge < -0.3 is 10.2 Å². The first kappa shape index (κ1) is 18.5.